The fourth-order valence-corrected chi connectivity index (χ4v) is 5.70. The van der Waals surface area contributed by atoms with Crippen LogP contribution in [0.25, 0.3) is 10.9 Å². The van der Waals surface area contributed by atoms with Crippen LogP contribution in [0.5, 0.6) is 5.75 Å². The first-order chi connectivity index (χ1) is 16.5. The number of hydrogen-bond acceptors (Lipinski definition) is 8. The monoisotopic (exact) mass is 493 g/mol. The third kappa shape index (κ3) is 4.51. The van der Waals surface area contributed by atoms with E-state index in [1.807, 2.05) is 36.1 Å². The second-order valence-corrected chi connectivity index (χ2v) is 10.2. The van der Waals surface area contributed by atoms with Gasteiger partial charge in [-0.1, -0.05) is 12.1 Å². The third-order valence-electron chi connectivity index (χ3n) is 5.84. The molecule has 0 spiro atoms. The Labute approximate surface area is 204 Å². The molecule has 1 fully saturated rings. The highest BCUT2D eigenvalue weighted by molar-refractivity contribution is 7.15. The Hall–Kier alpha value is -3.37. The van der Waals surface area contributed by atoms with Crippen molar-refractivity contribution >= 4 is 50.5 Å². The van der Waals surface area contributed by atoms with Gasteiger partial charge in [0.05, 0.1) is 17.6 Å². The number of ether oxygens (including phenoxy) is 1. The number of benzene rings is 1. The number of rotatable bonds is 5. The van der Waals surface area contributed by atoms with Crippen molar-refractivity contribution in [3.8, 4) is 5.75 Å². The minimum Gasteiger partial charge on any atom is -0.496 e. The molecule has 1 aliphatic rings. The maximum absolute atomic E-state index is 13.2. The third-order valence-corrected chi connectivity index (χ3v) is 7.68. The van der Waals surface area contributed by atoms with Crippen molar-refractivity contribution in [3.05, 3.63) is 63.2 Å². The maximum atomic E-state index is 13.2. The van der Waals surface area contributed by atoms with Crippen LogP contribution < -0.4 is 10.1 Å². The van der Waals surface area contributed by atoms with E-state index in [-0.39, 0.29) is 17.7 Å². The summed E-state index contributed by atoms with van der Waals surface area (Å²) >= 11 is 2.92. The first-order valence-corrected chi connectivity index (χ1v) is 12.6. The zero-order valence-electron chi connectivity index (χ0n) is 18.8. The van der Waals surface area contributed by atoms with Crippen LogP contribution in [-0.4, -0.2) is 51.9 Å². The number of likely N-dealkylation sites (tertiary alicyclic amines) is 1. The van der Waals surface area contributed by atoms with E-state index in [4.69, 9.17) is 4.74 Å². The van der Waals surface area contributed by atoms with Crippen molar-refractivity contribution in [1.29, 1.82) is 0 Å². The van der Waals surface area contributed by atoms with Gasteiger partial charge in [-0.3, -0.25) is 14.9 Å². The quantitative estimate of drug-likeness (QED) is 0.431. The summed E-state index contributed by atoms with van der Waals surface area (Å²) in [6.07, 6.45) is 3.30. The molecule has 0 unspecified atom stereocenters. The van der Waals surface area contributed by atoms with Crippen molar-refractivity contribution in [3.63, 3.8) is 0 Å². The second kappa shape index (κ2) is 9.47. The van der Waals surface area contributed by atoms with Crippen LogP contribution in [0.3, 0.4) is 0 Å². The largest absolute Gasteiger partial charge is 0.496 e. The average Bonchev–Trinajstić information content (AvgIpc) is 3.52. The zero-order chi connectivity index (χ0) is 23.7. The first kappa shape index (κ1) is 22.4. The van der Waals surface area contributed by atoms with Gasteiger partial charge in [0.25, 0.3) is 11.8 Å². The van der Waals surface area contributed by atoms with Gasteiger partial charge in [-0.2, -0.15) is 0 Å². The minimum atomic E-state index is -0.249. The van der Waals surface area contributed by atoms with E-state index in [1.54, 1.807) is 24.8 Å². The van der Waals surface area contributed by atoms with Crippen molar-refractivity contribution in [2.75, 3.05) is 25.5 Å². The zero-order valence-corrected chi connectivity index (χ0v) is 20.4. The van der Waals surface area contributed by atoms with Crippen LogP contribution >= 0.6 is 22.7 Å². The number of pyridine rings is 1. The molecule has 1 saturated heterocycles. The predicted molar refractivity (Wildman–Crippen MR) is 133 cm³/mol. The van der Waals surface area contributed by atoms with Crippen LogP contribution in [0.1, 0.15) is 49.6 Å². The van der Waals surface area contributed by atoms with Crippen molar-refractivity contribution in [2.45, 2.75) is 25.7 Å². The van der Waals surface area contributed by atoms with Gasteiger partial charge in [0, 0.05) is 46.9 Å². The number of anilines is 1. The minimum absolute atomic E-state index is 0.0968. The molecule has 0 saturated carbocycles. The van der Waals surface area contributed by atoms with E-state index < -0.39 is 0 Å². The van der Waals surface area contributed by atoms with Crippen LogP contribution in [0.15, 0.2) is 41.9 Å². The second-order valence-electron chi connectivity index (χ2n) is 8.09. The molecule has 1 aliphatic heterocycles. The molecule has 5 rings (SSSR count). The fourth-order valence-electron chi connectivity index (χ4n) is 4.07. The Bertz CT molecular complexity index is 1360. The summed E-state index contributed by atoms with van der Waals surface area (Å²) in [7, 11) is 1.60. The molecule has 4 aromatic rings. The summed E-state index contributed by atoms with van der Waals surface area (Å²) in [5.41, 5.74) is 1.53. The van der Waals surface area contributed by atoms with Crippen LogP contribution in [-0.2, 0) is 0 Å². The number of piperidine rings is 1. The van der Waals surface area contributed by atoms with Gasteiger partial charge in [-0.05, 0) is 31.9 Å². The number of nitrogens with one attached hydrogen (secondary N) is 1. The lowest BCUT2D eigenvalue weighted by Gasteiger charge is -2.31. The molecule has 2 amide bonds. The van der Waals surface area contributed by atoms with Crippen molar-refractivity contribution < 1.29 is 14.3 Å². The molecular formula is C24H23N5O3S2. The molecule has 8 nitrogen and oxygen atoms in total. The molecule has 0 bridgehead atoms. The standard InChI is InChI=1S/C24H23N5O3S2/c1-14-12-25-24(34-14)28-21(30)19-13-33-22(27-19)15-7-9-29(10-8-15)23(31)18-11-20(32-2)16-5-3-4-6-17(16)26-18/h3-6,11-13,15H,7-10H2,1-2H3,(H,25,28,30). The fraction of sp³-hybridized carbons (Fsp3) is 0.292. The normalized spacial score (nSPS) is 14.4. The number of aromatic nitrogens is 3. The number of carbonyl (C=O) groups excluding carboxylic acids is 2. The van der Waals surface area contributed by atoms with Gasteiger partial charge in [0.2, 0.25) is 0 Å². The van der Waals surface area contributed by atoms with Gasteiger partial charge in [-0.25, -0.2) is 15.0 Å². The molecule has 1 N–H and O–H groups in total. The summed E-state index contributed by atoms with van der Waals surface area (Å²) < 4.78 is 5.49. The summed E-state index contributed by atoms with van der Waals surface area (Å²) in [5.74, 6) is 0.517. The number of methoxy groups -OCH3 is 1. The SMILES string of the molecule is COc1cc(C(=O)N2CCC(c3nc(C(=O)Nc4ncc(C)s4)cs3)CC2)nc2ccccc12. The number of carbonyl (C=O) groups is 2. The molecule has 174 valence electrons. The van der Waals surface area contributed by atoms with E-state index in [0.29, 0.717) is 35.4 Å². The van der Waals surface area contributed by atoms with Crippen molar-refractivity contribution in [1.82, 2.24) is 19.9 Å². The Balaban J connectivity index is 1.23. The molecule has 4 heterocycles. The van der Waals surface area contributed by atoms with Crippen LogP contribution in [0, 0.1) is 6.92 Å². The number of fused-ring (bicyclic) bond motifs is 1. The molecule has 1 aromatic carbocycles. The Morgan fingerprint density at radius 1 is 1.15 bits per heavy atom. The maximum Gasteiger partial charge on any atom is 0.276 e. The Morgan fingerprint density at radius 2 is 1.94 bits per heavy atom. The molecule has 34 heavy (non-hydrogen) atoms. The summed E-state index contributed by atoms with van der Waals surface area (Å²) in [4.78, 5) is 41.8. The molecule has 0 radical (unpaired) electrons. The number of thiazole rings is 2. The number of para-hydroxylation sites is 1. The Kier molecular flexibility index (Phi) is 6.25. The topological polar surface area (TPSA) is 97.3 Å². The summed E-state index contributed by atoms with van der Waals surface area (Å²) in [6, 6.07) is 9.35. The summed E-state index contributed by atoms with van der Waals surface area (Å²) in [6.45, 7) is 3.16. The highest BCUT2D eigenvalue weighted by Gasteiger charge is 2.28. The van der Waals surface area contributed by atoms with Gasteiger partial charge in [0.1, 0.15) is 17.1 Å². The molecule has 0 atom stereocenters. The highest BCUT2D eigenvalue weighted by atomic mass is 32.1. The predicted octanol–water partition coefficient (Wildman–Crippen LogP) is 4.74. The van der Waals surface area contributed by atoms with E-state index in [1.165, 1.54) is 22.7 Å². The van der Waals surface area contributed by atoms with Crippen molar-refractivity contribution in [2.24, 2.45) is 0 Å². The average molecular weight is 494 g/mol. The molecular weight excluding hydrogens is 470 g/mol. The lowest BCUT2D eigenvalue weighted by molar-refractivity contribution is 0.0707. The number of hydrogen-bond donors (Lipinski definition) is 1. The number of nitrogens with zero attached hydrogens (tertiary/aromatic N) is 4. The lowest BCUT2D eigenvalue weighted by atomic mass is 9.97. The van der Waals surface area contributed by atoms with Gasteiger partial charge in [0.15, 0.2) is 5.13 Å². The molecule has 3 aromatic heterocycles. The Morgan fingerprint density at radius 3 is 2.68 bits per heavy atom. The first-order valence-electron chi connectivity index (χ1n) is 10.9. The van der Waals surface area contributed by atoms with Gasteiger partial charge in [-0.15, -0.1) is 22.7 Å². The van der Waals surface area contributed by atoms with E-state index in [0.717, 1.165) is 33.6 Å². The smallest absolute Gasteiger partial charge is 0.276 e. The highest BCUT2D eigenvalue weighted by Crippen LogP contribution is 2.32. The van der Waals surface area contributed by atoms with Gasteiger partial charge < -0.3 is 9.64 Å². The number of aryl methyl sites for hydroxylation is 1. The summed E-state index contributed by atoms with van der Waals surface area (Å²) in [5, 5.41) is 6.97. The molecule has 0 aliphatic carbocycles. The van der Waals surface area contributed by atoms with Crippen LogP contribution in [0.4, 0.5) is 5.13 Å². The molecule has 10 heteroatoms. The number of amides is 2. The van der Waals surface area contributed by atoms with Crippen LogP contribution in [0.2, 0.25) is 0 Å². The van der Waals surface area contributed by atoms with E-state index >= 15 is 0 Å². The van der Waals surface area contributed by atoms with Gasteiger partial charge >= 0.3 is 0 Å². The van der Waals surface area contributed by atoms with E-state index in [9.17, 15) is 9.59 Å². The van der Waals surface area contributed by atoms with E-state index in [2.05, 4.69) is 20.3 Å². The lowest BCUT2D eigenvalue weighted by Crippen LogP contribution is -2.38.